The Labute approximate surface area is 72.2 Å². The Morgan fingerprint density at radius 2 is 2.42 bits per heavy atom. The Morgan fingerprint density at radius 1 is 1.67 bits per heavy atom. The average Bonchev–Trinajstić information content (AvgIpc) is 2.40. The summed E-state index contributed by atoms with van der Waals surface area (Å²) in [5.74, 6) is -0.139. The monoisotopic (exact) mass is 176 g/mol. The van der Waals surface area contributed by atoms with Crippen molar-refractivity contribution < 1.29 is 19.7 Å². The summed E-state index contributed by atoms with van der Waals surface area (Å²) in [6.07, 6.45) is 2.62. The minimum Gasteiger partial charge on any atom is -0.466 e. The molecule has 2 N–H and O–H groups in total. The Morgan fingerprint density at radius 3 is 2.92 bits per heavy atom. The van der Waals surface area contributed by atoms with Crippen molar-refractivity contribution in [2.75, 3.05) is 13.2 Å². The molecule has 0 spiro atoms. The molecule has 1 heterocycles. The number of ether oxygens (including phenoxy) is 2. The van der Waals surface area contributed by atoms with Gasteiger partial charge in [-0.1, -0.05) is 0 Å². The van der Waals surface area contributed by atoms with Crippen molar-refractivity contribution in [3.63, 3.8) is 0 Å². The molecule has 72 valence electrons. The fourth-order valence-corrected chi connectivity index (χ4v) is 1.21. The quantitative estimate of drug-likeness (QED) is 0.580. The number of carbonyl (C=O) groups is 1. The van der Waals surface area contributed by atoms with E-state index in [-0.39, 0.29) is 17.5 Å². The predicted octanol–water partition coefficient (Wildman–Crippen LogP) is 0.294. The highest BCUT2D eigenvalue weighted by Gasteiger charge is 2.19. The van der Waals surface area contributed by atoms with E-state index in [9.17, 15) is 4.79 Å². The first-order valence-corrected chi connectivity index (χ1v) is 4.10. The van der Waals surface area contributed by atoms with Gasteiger partial charge in [0.2, 0.25) is 0 Å². The van der Waals surface area contributed by atoms with Crippen molar-refractivity contribution in [2.45, 2.75) is 32.3 Å². The Bertz CT molecular complexity index is 129. The molecule has 0 aromatic rings. The van der Waals surface area contributed by atoms with Crippen molar-refractivity contribution in [3.8, 4) is 0 Å². The summed E-state index contributed by atoms with van der Waals surface area (Å²) in [6.45, 7) is 3.07. The lowest BCUT2D eigenvalue weighted by Gasteiger charge is -2.07. The molecule has 4 heteroatoms. The second-order valence-corrected chi connectivity index (χ2v) is 2.64. The lowest BCUT2D eigenvalue weighted by Crippen LogP contribution is -2.14. The van der Waals surface area contributed by atoms with E-state index in [1.807, 2.05) is 6.92 Å². The van der Waals surface area contributed by atoms with Crippen molar-refractivity contribution in [1.82, 2.24) is 0 Å². The first-order valence-electron chi connectivity index (χ1n) is 4.10. The van der Waals surface area contributed by atoms with Crippen molar-refractivity contribution in [2.24, 2.45) is 0 Å². The van der Waals surface area contributed by atoms with Crippen LogP contribution in [0.5, 0.6) is 0 Å². The second-order valence-electron chi connectivity index (χ2n) is 2.64. The Hall–Kier alpha value is -0.610. The molecular weight excluding hydrogens is 160 g/mol. The number of esters is 1. The molecule has 0 aromatic heterocycles. The SMILES string of the molecule is CCOC(=O)CC1CCCO1.O. The van der Waals surface area contributed by atoms with Crippen LogP contribution in [-0.4, -0.2) is 30.8 Å². The zero-order valence-corrected chi connectivity index (χ0v) is 7.34. The molecule has 12 heavy (non-hydrogen) atoms. The van der Waals surface area contributed by atoms with Gasteiger partial charge in [0.15, 0.2) is 0 Å². The van der Waals surface area contributed by atoms with Crippen LogP contribution < -0.4 is 0 Å². The highest BCUT2D eigenvalue weighted by atomic mass is 16.5. The summed E-state index contributed by atoms with van der Waals surface area (Å²) in [7, 11) is 0. The molecule has 0 amide bonds. The lowest BCUT2D eigenvalue weighted by molar-refractivity contribution is -0.145. The first-order chi connectivity index (χ1) is 5.33. The molecule has 4 nitrogen and oxygen atoms in total. The van der Waals surface area contributed by atoms with E-state index in [2.05, 4.69) is 0 Å². The van der Waals surface area contributed by atoms with Gasteiger partial charge in [-0.05, 0) is 19.8 Å². The summed E-state index contributed by atoms with van der Waals surface area (Å²) >= 11 is 0. The molecule has 0 aromatic carbocycles. The molecule has 1 unspecified atom stereocenters. The fourth-order valence-electron chi connectivity index (χ4n) is 1.21. The first kappa shape index (κ1) is 11.4. The molecule has 0 saturated carbocycles. The van der Waals surface area contributed by atoms with E-state index >= 15 is 0 Å². The average molecular weight is 176 g/mol. The van der Waals surface area contributed by atoms with Gasteiger partial charge in [0.05, 0.1) is 19.1 Å². The highest BCUT2D eigenvalue weighted by molar-refractivity contribution is 5.69. The Kier molecular flexibility index (Phi) is 5.66. The minimum absolute atomic E-state index is 0. The van der Waals surface area contributed by atoms with Gasteiger partial charge in [0.1, 0.15) is 0 Å². The van der Waals surface area contributed by atoms with Gasteiger partial charge in [-0.25, -0.2) is 0 Å². The number of hydrogen-bond acceptors (Lipinski definition) is 3. The fraction of sp³-hybridized carbons (Fsp3) is 0.875. The van der Waals surface area contributed by atoms with E-state index in [0.717, 1.165) is 19.4 Å². The summed E-state index contributed by atoms with van der Waals surface area (Å²) in [4.78, 5) is 10.9. The smallest absolute Gasteiger partial charge is 0.308 e. The molecule has 0 bridgehead atoms. The van der Waals surface area contributed by atoms with E-state index in [0.29, 0.717) is 13.0 Å². The molecular formula is C8H16O4. The van der Waals surface area contributed by atoms with Crippen LogP contribution in [0, 0.1) is 0 Å². The molecule has 1 aliphatic heterocycles. The molecule has 0 aliphatic carbocycles. The van der Waals surface area contributed by atoms with Crippen LogP contribution in [-0.2, 0) is 14.3 Å². The second kappa shape index (κ2) is 5.97. The molecule has 1 aliphatic rings. The summed E-state index contributed by atoms with van der Waals surface area (Å²) in [5.41, 5.74) is 0. The van der Waals surface area contributed by atoms with Gasteiger partial charge in [-0.3, -0.25) is 4.79 Å². The van der Waals surface area contributed by atoms with E-state index in [1.54, 1.807) is 0 Å². The topological polar surface area (TPSA) is 67.0 Å². The van der Waals surface area contributed by atoms with Crippen LogP contribution in [0.2, 0.25) is 0 Å². The maximum absolute atomic E-state index is 10.9. The van der Waals surface area contributed by atoms with Gasteiger partial charge in [-0.2, -0.15) is 0 Å². The standard InChI is InChI=1S/C8H14O3.H2O/c1-2-10-8(9)6-7-4-3-5-11-7;/h7H,2-6H2,1H3;1H2. The minimum atomic E-state index is -0.139. The number of carbonyl (C=O) groups excluding carboxylic acids is 1. The largest absolute Gasteiger partial charge is 0.466 e. The third-order valence-corrected chi connectivity index (χ3v) is 1.72. The maximum Gasteiger partial charge on any atom is 0.308 e. The van der Waals surface area contributed by atoms with Gasteiger partial charge >= 0.3 is 5.97 Å². The van der Waals surface area contributed by atoms with Crippen LogP contribution in [0.1, 0.15) is 26.2 Å². The van der Waals surface area contributed by atoms with Gasteiger partial charge in [0.25, 0.3) is 0 Å². The lowest BCUT2D eigenvalue weighted by atomic mass is 10.2. The van der Waals surface area contributed by atoms with Crippen molar-refractivity contribution in [1.29, 1.82) is 0 Å². The van der Waals surface area contributed by atoms with Crippen molar-refractivity contribution >= 4 is 5.97 Å². The van der Waals surface area contributed by atoms with Crippen LogP contribution in [0.25, 0.3) is 0 Å². The molecule has 1 atom stereocenters. The molecule has 1 saturated heterocycles. The zero-order chi connectivity index (χ0) is 8.10. The van der Waals surface area contributed by atoms with E-state index in [1.165, 1.54) is 0 Å². The van der Waals surface area contributed by atoms with Gasteiger partial charge in [0, 0.05) is 6.61 Å². The summed E-state index contributed by atoms with van der Waals surface area (Å²) < 4.78 is 10.1. The molecule has 1 fully saturated rings. The predicted molar refractivity (Wildman–Crippen MR) is 43.8 cm³/mol. The zero-order valence-electron chi connectivity index (χ0n) is 7.34. The van der Waals surface area contributed by atoms with Crippen LogP contribution >= 0.6 is 0 Å². The highest BCUT2D eigenvalue weighted by Crippen LogP contribution is 2.15. The van der Waals surface area contributed by atoms with Gasteiger partial charge in [-0.15, -0.1) is 0 Å². The number of rotatable bonds is 3. The maximum atomic E-state index is 10.9. The number of hydrogen-bond donors (Lipinski definition) is 0. The summed E-state index contributed by atoms with van der Waals surface area (Å²) in [5, 5.41) is 0. The third-order valence-electron chi connectivity index (χ3n) is 1.72. The third kappa shape index (κ3) is 3.69. The van der Waals surface area contributed by atoms with E-state index < -0.39 is 0 Å². The van der Waals surface area contributed by atoms with Crippen LogP contribution in [0.3, 0.4) is 0 Å². The Balaban J connectivity index is 0.00000121. The van der Waals surface area contributed by atoms with Crippen LogP contribution in [0.4, 0.5) is 0 Å². The molecule has 0 radical (unpaired) electrons. The summed E-state index contributed by atoms with van der Waals surface area (Å²) in [6, 6.07) is 0. The van der Waals surface area contributed by atoms with E-state index in [4.69, 9.17) is 9.47 Å². The molecule has 1 rings (SSSR count). The van der Waals surface area contributed by atoms with Crippen molar-refractivity contribution in [3.05, 3.63) is 0 Å². The normalized spacial score (nSPS) is 21.6. The van der Waals surface area contributed by atoms with Crippen LogP contribution in [0.15, 0.2) is 0 Å². The van der Waals surface area contributed by atoms with Gasteiger partial charge < -0.3 is 14.9 Å².